The number of hydrogen-bond acceptors (Lipinski definition) is 3. The second kappa shape index (κ2) is 8.52. The number of nitrogens with one attached hydrogen (secondary N) is 2. The molecule has 6 heteroatoms. The second-order valence-electron chi connectivity index (χ2n) is 8.67. The highest BCUT2D eigenvalue weighted by molar-refractivity contribution is 5.90. The zero-order valence-electron chi connectivity index (χ0n) is 16.8. The fraction of sp³-hybridized carbons (Fsp3) is 0.636. The number of likely N-dealkylation sites (tertiary alicyclic amines) is 2. The maximum atomic E-state index is 13.1. The minimum atomic E-state index is -0.0976. The summed E-state index contributed by atoms with van der Waals surface area (Å²) in [5.41, 5.74) is 1.93. The highest BCUT2D eigenvalue weighted by Gasteiger charge is 2.35. The molecule has 0 spiro atoms. The predicted molar refractivity (Wildman–Crippen MR) is 110 cm³/mol. The summed E-state index contributed by atoms with van der Waals surface area (Å²) in [6.07, 6.45) is 3.99. The van der Waals surface area contributed by atoms with Crippen LogP contribution in [-0.4, -0.2) is 61.0 Å². The maximum Gasteiger partial charge on any atom is 0.321 e. The van der Waals surface area contributed by atoms with Gasteiger partial charge in [0.05, 0.1) is 5.92 Å². The van der Waals surface area contributed by atoms with Crippen LogP contribution in [-0.2, 0) is 4.79 Å². The van der Waals surface area contributed by atoms with Crippen LogP contribution in [0.1, 0.15) is 31.2 Å². The Kier molecular flexibility index (Phi) is 5.85. The minimum absolute atomic E-state index is 0.0620. The molecule has 3 aliphatic rings. The molecule has 28 heavy (non-hydrogen) atoms. The lowest BCUT2D eigenvalue weighted by Crippen LogP contribution is -2.48. The summed E-state index contributed by atoms with van der Waals surface area (Å²) < 4.78 is 0. The van der Waals surface area contributed by atoms with Crippen molar-refractivity contribution in [2.75, 3.05) is 44.6 Å². The SMILES string of the molecule is Cc1cccc(NC(=O)N2CCCC(C(=O)N3CC[C@@H]4CNC[C@@H]4CC3)C2)c1. The molecule has 0 aliphatic carbocycles. The lowest BCUT2D eigenvalue weighted by molar-refractivity contribution is -0.136. The fourth-order valence-corrected chi connectivity index (χ4v) is 4.99. The molecule has 1 unspecified atom stereocenters. The molecular weight excluding hydrogens is 352 g/mol. The maximum absolute atomic E-state index is 13.1. The van der Waals surface area contributed by atoms with Gasteiger partial charge in [-0.2, -0.15) is 0 Å². The lowest BCUT2D eigenvalue weighted by Gasteiger charge is -2.35. The first-order chi connectivity index (χ1) is 13.6. The van der Waals surface area contributed by atoms with Gasteiger partial charge in [0, 0.05) is 31.9 Å². The van der Waals surface area contributed by atoms with Gasteiger partial charge >= 0.3 is 6.03 Å². The number of anilines is 1. The fourth-order valence-electron chi connectivity index (χ4n) is 4.99. The molecule has 3 aliphatic heterocycles. The molecule has 4 rings (SSSR count). The van der Waals surface area contributed by atoms with Crippen LogP contribution < -0.4 is 10.6 Å². The smallest absolute Gasteiger partial charge is 0.321 e. The van der Waals surface area contributed by atoms with E-state index < -0.39 is 0 Å². The largest absolute Gasteiger partial charge is 0.342 e. The van der Waals surface area contributed by atoms with Crippen LogP contribution in [0.25, 0.3) is 0 Å². The number of carbonyl (C=O) groups is 2. The van der Waals surface area contributed by atoms with Gasteiger partial charge in [-0.1, -0.05) is 12.1 Å². The highest BCUT2D eigenvalue weighted by atomic mass is 16.2. The van der Waals surface area contributed by atoms with Crippen LogP contribution in [0.4, 0.5) is 10.5 Å². The van der Waals surface area contributed by atoms with Gasteiger partial charge < -0.3 is 20.4 Å². The minimum Gasteiger partial charge on any atom is -0.342 e. The van der Waals surface area contributed by atoms with Crippen molar-refractivity contribution in [3.63, 3.8) is 0 Å². The van der Waals surface area contributed by atoms with Gasteiger partial charge in [-0.15, -0.1) is 0 Å². The third kappa shape index (κ3) is 4.32. The van der Waals surface area contributed by atoms with Crippen molar-refractivity contribution >= 4 is 17.6 Å². The number of urea groups is 1. The molecule has 0 saturated carbocycles. The first-order valence-electron chi connectivity index (χ1n) is 10.7. The molecule has 0 radical (unpaired) electrons. The van der Waals surface area contributed by atoms with Crippen LogP contribution in [0, 0.1) is 24.7 Å². The number of benzene rings is 1. The quantitative estimate of drug-likeness (QED) is 0.824. The van der Waals surface area contributed by atoms with Gasteiger partial charge in [0.15, 0.2) is 0 Å². The van der Waals surface area contributed by atoms with Crippen LogP contribution in [0.3, 0.4) is 0 Å². The third-order valence-corrected chi connectivity index (χ3v) is 6.66. The summed E-state index contributed by atoms with van der Waals surface area (Å²) in [6.45, 7) is 7.20. The first kappa shape index (κ1) is 19.2. The third-order valence-electron chi connectivity index (χ3n) is 6.66. The number of rotatable bonds is 2. The van der Waals surface area contributed by atoms with Gasteiger partial charge in [-0.3, -0.25) is 4.79 Å². The van der Waals surface area contributed by atoms with Crippen molar-refractivity contribution in [2.24, 2.45) is 17.8 Å². The summed E-state index contributed by atoms with van der Waals surface area (Å²) in [5.74, 6) is 1.63. The molecule has 2 N–H and O–H groups in total. The van der Waals surface area contributed by atoms with Crippen LogP contribution in [0.15, 0.2) is 24.3 Å². The van der Waals surface area contributed by atoms with Crippen molar-refractivity contribution in [1.82, 2.24) is 15.1 Å². The van der Waals surface area contributed by atoms with Crippen LogP contribution in [0.2, 0.25) is 0 Å². The molecular formula is C22H32N4O2. The van der Waals surface area contributed by atoms with Gasteiger partial charge in [0.1, 0.15) is 0 Å². The predicted octanol–water partition coefficient (Wildman–Crippen LogP) is 2.70. The Bertz CT molecular complexity index is 708. The van der Waals surface area contributed by atoms with E-state index in [2.05, 4.69) is 15.5 Å². The Morgan fingerprint density at radius 3 is 2.50 bits per heavy atom. The molecule has 0 aromatic heterocycles. The topological polar surface area (TPSA) is 64.7 Å². The molecule has 1 aromatic carbocycles. The number of amides is 3. The van der Waals surface area contributed by atoms with Gasteiger partial charge in [-0.05, 0) is 75.2 Å². The average molecular weight is 385 g/mol. The van der Waals surface area contributed by atoms with Gasteiger partial charge in [0.2, 0.25) is 5.91 Å². The number of nitrogens with zero attached hydrogens (tertiary/aromatic N) is 2. The highest BCUT2D eigenvalue weighted by Crippen LogP contribution is 2.29. The number of fused-ring (bicyclic) bond motifs is 1. The summed E-state index contributed by atoms with van der Waals surface area (Å²) in [6, 6.07) is 7.72. The molecule has 3 amide bonds. The summed E-state index contributed by atoms with van der Waals surface area (Å²) in [7, 11) is 0. The standard InChI is InChI=1S/C22H32N4O2/c1-16-4-2-6-20(12-16)24-22(28)26-9-3-5-19(15-26)21(27)25-10-7-17-13-23-14-18(17)8-11-25/h2,4,6,12,17-19,23H,3,5,7-11,13-15H2,1H3,(H,24,28)/t17-,18+,19?. The van der Waals surface area contributed by atoms with Crippen molar-refractivity contribution in [3.05, 3.63) is 29.8 Å². The van der Waals surface area contributed by atoms with Gasteiger partial charge in [-0.25, -0.2) is 4.79 Å². The molecule has 6 nitrogen and oxygen atoms in total. The first-order valence-corrected chi connectivity index (χ1v) is 10.7. The van der Waals surface area contributed by atoms with E-state index in [0.29, 0.717) is 6.54 Å². The monoisotopic (exact) mass is 384 g/mol. The molecule has 3 fully saturated rings. The zero-order chi connectivity index (χ0) is 19.5. The van der Waals surface area contributed by atoms with E-state index in [0.717, 1.165) is 81.5 Å². The normalized spacial score (nSPS) is 27.8. The van der Waals surface area contributed by atoms with Crippen LogP contribution >= 0.6 is 0 Å². The lowest BCUT2D eigenvalue weighted by atomic mass is 9.92. The van der Waals surface area contributed by atoms with E-state index >= 15 is 0 Å². The molecule has 3 saturated heterocycles. The number of carbonyl (C=O) groups excluding carboxylic acids is 2. The Labute approximate surface area is 167 Å². The number of hydrogen-bond donors (Lipinski definition) is 2. The van der Waals surface area contributed by atoms with E-state index in [1.165, 1.54) is 0 Å². The Hall–Kier alpha value is -2.08. The van der Waals surface area contributed by atoms with E-state index in [1.807, 2.05) is 36.1 Å². The molecule has 3 heterocycles. The molecule has 152 valence electrons. The van der Waals surface area contributed by atoms with Crippen molar-refractivity contribution in [2.45, 2.75) is 32.6 Å². The summed E-state index contributed by atoms with van der Waals surface area (Å²) in [4.78, 5) is 29.7. The van der Waals surface area contributed by atoms with Crippen LogP contribution in [0.5, 0.6) is 0 Å². The zero-order valence-corrected chi connectivity index (χ0v) is 16.8. The average Bonchev–Trinajstić information content (AvgIpc) is 3.06. The van der Waals surface area contributed by atoms with Crippen molar-refractivity contribution in [1.29, 1.82) is 0 Å². The Morgan fingerprint density at radius 1 is 1.04 bits per heavy atom. The number of piperidine rings is 1. The summed E-state index contributed by atoms with van der Waals surface area (Å²) in [5, 5.41) is 6.47. The van der Waals surface area contributed by atoms with E-state index in [9.17, 15) is 9.59 Å². The van der Waals surface area contributed by atoms with Crippen molar-refractivity contribution in [3.8, 4) is 0 Å². The van der Waals surface area contributed by atoms with E-state index in [1.54, 1.807) is 0 Å². The second-order valence-corrected chi connectivity index (χ2v) is 8.67. The van der Waals surface area contributed by atoms with Crippen molar-refractivity contribution < 1.29 is 9.59 Å². The van der Waals surface area contributed by atoms with E-state index in [-0.39, 0.29) is 17.9 Å². The number of aryl methyl sites for hydroxylation is 1. The van der Waals surface area contributed by atoms with Gasteiger partial charge in [0.25, 0.3) is 0 Å². The molecule has 1 aromatic rings. The Balaban J connectivity index is 1.34. The van der Waals surface area contributed by atoms with E-state index in [4.69, 9.17) is 0 Å². The summed E-state index contributed by atoms with van der Waals surface area (Å²) >= 11 is 0. The molecule has 0 bridgehead atoms. The molecule has 3 atom stereocenters. The Morgan fingerprint density at radius 2 is 1.79 bits per heavy atom.